The van der Waals surface area contributed by atoms with Gasteiger partial charge < -0.3 is 9.47 Å². The highest BCUT2D eigenvalue weighted by molar-refractivity contribution is 6.03. The van der Waals surface area contributed by atoms with E-state index in [2.05, 4.69) is 10.9 Å². The van der Waals surface area contributed by atoms with Crippen molar-refractivity contribution in [2.45, 2.75) is 72.0 Å². The molecule has 0 unspecified atom stereocenters. The van der Waals surface area contributed by atoms with E-state index in [4.69, 9.17) is 15.9 Å². The van der Waals surface area contributed by atoms with E-state index in [0.29, 0.717) is 18.6 Å². The first-order valence-electron chi connectivity index (χ1n) is 6.87. The van der Waals surface area contributed by atoms with Gasteiger partial charge in [-0.2, -0.15) is 4.99 Å². The van der Waals surface area contributed by atoms with Crippen LogP contribution in [0.3, 0.4) is 0 Å². The molecule has 0 radical (unpaired) electrons. The molecule has 0 heterocycles. The van der Waals surface area contributed by atoms with Crippen LogP contribution in [0.1, 0.15) is 60.8 Å². The van der Waals surface area contributed by atoms with Crippen molar-refractivity contribution in [3.8, 4) is 12.3 Å². The van der Waals surface area contributed by atoms with Crippen molar-refractivity contribution in [2.75, 3.05) is 0 Å². The van der Waals surface area contributed by atoms with Crippen LogP contribution in [0.4, 0.5) is 4.79 Å². The largest absolute Gasteiger partial charge is 0.460 e. The van der Waals surface area contributed by atoms with Gasteiger partial charge in [-0.1, -0.05) is 0 Å². The number of hydrogen-bond donors (Lipinski definition) is 0. The second kappa shape index (κ2) is 7.82. The third-order valence-electron chi connectivity index (χ3n) is 1.97. The highest BCUT2D eigenvalue weighted by atomic mass is 16.6. The Balaban J connectivity index is 4.83. The van der Waals surface area contributed by atoms with Gasteiger partial charge in [-0.05, 0) is 48.0 Å². The van der Waals surface area contributed by atoms with Crippen LogP contribution in [0.2, 0.25) is 0 Å². The lowest BCUT2D eigenvalue weighted by atomic mass is 10.1. The number of rotatable bonds is 4. The third kappa shape index (κ3) is 11.7. The summed E-state index contributed by atoms with van der Waals surface area (Å²) in [7, 11) is 0. The SMILES string of the molecule is C#CCCC(CC(=O)OC(C)(C)C)=NC(=O)OC(C)(C)C. The summed E-state index contributed by atoms with van der Waals surface area (Å²) < 4.78 is 10.3. The summed E-state index contributed by atoms with van der Waals surface area (Å²) in [4.78, 5) is 27.3. The minimum atomic E-state index is -0.724. The molecule has 118 valence electrons. The molecule has 0 saturated carbocycles. The number of hydrogen-bond acceptors (Lipinski definition) is 4. The van der Waals surface area contributed by atoms with Gasteiger partial charge in [0.25, 0.3) is 0 Å². The zero-order valence-electron chi connectivity index (χ0n) is 13.8. The van der Waals surface area contributed by atoms with Crippen LogP contribution in [-0.4, -0.2) is 29.0 Å². The number of amides is 1. The van der Waals surface area contributed by atoms with Gasteiger partial charge in [0.05, 0.1) is 6.42 Å². The van der Waals surface area contributed by atoms with E-state index < -0.39 is 23.3 Å². The zero-order valence-corrected chi connectivity index (χ0v) is 13.8. The van der Waals surface area contributed by atoms with E-state index in [0.717, 1.165) is 0 Å². The van der Waals surface area contributed by atoms with E-state index in [9.17, 15) is 9.59 Å². The Labute approximate surface area is 127 Å². The molecule has 0 saturated heterocycles. The highest BCUT2D eigenvalue weighted by Crippen LogP contribution is 2.12. The second-order valence-corrected chi connectivity index (χ2v) is 6.63. The van der Waals surface area contributed by atoms with Crippen molar-refractivity contribution in [2.24, 2.45) is 4.99 Å². The predicted molar refractivity (Wildman–Crippen MR) is 82.2 cm³/mol. The van der Waals surface area contributed by atoms with E-state index in [1.807, 2.05) is 0 Å². The standard InChI is InChI=1S/C16H25NO4/c1-8-9-10-12(11-13(18)20-15(2,3)4)17-14(19)21-16(5,6)7/h1H,9-11H2,2-7H3. The molecule has 1 amide bonds. The molecule has 0 aliphatic heterocycles. The normalized spacial score (nSPS) is 12.5. The zero-order chi connectivity index (χ0) is 16.7. The summed E-state index contributed by atoms with van der Waals surface area (Å²) in [6.45, 7) is 10.6. The third-order valence-corrected chi connectivity index (χ3v) is 1.97. The Hall–Kier alpha value is -1.83. The topological polar surface area (TPSA) is 65.0 Å². The van der Waals surface area contributed by atoms with Gasteiger partial charge in [0, 0.05) is 12.1 Å². The number of nitrogens with zero attached hydrogens (tertiary/aromatic N) is 1. The second-order valence-electron chi connectivity index (χ2n) is 6.63. The highest BCUT2D eigenvalue weighted by Gasteiger charge is 2.20. The van der Waals surface area contributed by atoms with Crippen LogP contribution in [0, 0.1) is 12.3 Å². The Morgan fingerprint density at radius 1 is 1.05 bits per heavy atom. The van der Waals surface area contributed by atoms with Crippen LogP contribution >= 0.6 is 0 Å². The monoisotopic (exact) mass is 295 g/mol. The van der Waals surface area contributed by atoms with E-state index in [1.165, 1.54) is 0 Å². The van der Waals surface area contributed by atoms with Crippen molar-refractivity contribution >= 4 is 17.8 Å². The lowest BCUT2D eigenvalue weighted by molar-refractivity contribution is -0.153. The van der Waals surface area contributed by atoms with E-state index >= 15 is 0 Å². The lowest BCUT2D eigenvalue weighted by Gasteiger charge is -2.20. The summed E-state index contributed by atoms with van der Waals surface area (Å²) in [5.74, 6) is 2.01. The van der Waals surface area contributed by atoms with Crippen molar-refractivity contribution in [3.63, 3.8) is 0 Å². The number of esters is 1. The molecule has 0 aromatic heterocycles. The summed E-state index contributed by atoms with van der Waals surface area (Å²) in [5.41, 5.74) is -0.847. The van der Waals surface area contributed by atoms with Crippen molar-refractivity contribution in [1.29, 1.82) is 0 Å². The molecule has 0 aromatic rings. The molecule has 5 heteroatoms. The summed E-state index contributed by atoms with van der Waals surface area (Å²) in [5, 5.41) is 0. The molecule has 0 N–H and O–H groups in total. The number of carbonyl (C=O) groups is 2. The van der Waals surface area contributed by atoms with Gasteiger partial charge in [-0.3, -0.25) is 4.79 Å². The fraction of sp³-hybridized carbons (Fsp3) is 0.688. The van der Waals surface area contributed by atoms with Gasteiger partial charge in [0.15, 0.2) is 0 Å². The van der Waals surface area contributed by atoms with Crippen molar-refractivity contribution in [3.05, 3.63) is 0 Å². The van der Waals surface area contributed by atoms with Gasteiger partial charge in [0.1, 0.15) is 11.2 Å². The number of ether oxygens (including phenoxy) is 2. The maximum Gasteiger partial charge on any atom is 0.434 e. The van der Waals surface area contributed by atoms with Crippen LogP contribution in [0.25, 0.3) is 0 Å². The molecular formula is C16H25NO4. The molecule has 0 bridgehead atoms. The summed E-state index contributed by atoms with van der Waals surface area (Å²) >= 11 is 0. The van der Waals surface area contributed by atoms with E-state index in [-0.39, 0.29) is 6.42 Å². The summed E-state index contributed by atoms with van der Waals surface area (Å²) in [6.07, 6.45) is 5.16. The molecule has 0 aromatic carbocycles. The lowest BCUT2D eigenvalue weighted by Crippen LogP contribution is -2.26. The number of carbonyl (C=O) groups excluding carboxylic acids is 2. The number of aliphatic imine (C=N–C) groups is 1. The first-order chi connectivity index (χ1) is 9.43. The van der Waals surface area contributed by atoms with Crippen LogP contribution in [-0.2, 0) is 14.3 Å². The van der Waals surface area contributed by atoms with Crippen LogP contribution < -0.4 is 0 Å². The molecule has 0 fully saturated rings. The van der Waals surface area contributed by atoms with Gasteiger partial charge in [-0.25, -0.2) is 4.79 Å². The maximum absolute atomic E-state index is 11.8. The smallest absolute Gasteiger partial charge is 0.434 e. The fourth-order valence-electron chi connectivity index (χ4n) is 1.36. The minimum Gasteiger partial charge on any atom is -0.460 e. The van der Waals surface area contributed by atoms with E-state index in [1.54, 1.807) is 41.5 Å². The maximum atomic E-state index is 11.8. The molecular weight excluding hydrogens is 270 g/mol. The molecule has 0 aliphatic carbocycles. The average molecular weight is 295 g/mol. The fourth-order valence-corrected chi connectivity index (χ4v) is 1.36. The Morgan fingerprint density at radius 2 is 1.57 bits per heavy atom. The number of terminal acetylenes is 1. The molecule has 0 spiro atoms. The molecule has 0 atom stereocenters. The van der Waals surface area contributed by atoms with Crippen molar-refractivity contribution < 1.29 is 19.1 Å². The Kier molecular flexibility index (Phi) is 7.14. The molecule has 21 heavy (non-hydrogen) atoms. The molecule has 5 nitrogen and oxygen atoms in total. The van der Waals surface area contributed by atoms with Crippen molar-refractivity contribution in [1.82, 2.24) is 0 Å². The first-order valence-corrected chi connectivity index (χ1v) is 6.87. The predicted octanol–water partition coefficient (Wildman–Crippen LogP) is 3.51. The first kappa shape index (κ1) is 19.2. The van der Waals surface area contributed by atoms with Crippen LogP contribution in [0.5, 0.6) is 0 Å². The van der Waals surface area contributed by atoms with Gasteiger partial charge >= 0.3 is 12.1 Å². The Bertz CT molecular complexity index is 444. The minimum absolute atomic E-state index is 0.0712. The van der Waals surface area contributed by atoms with Crippen LogP contribution in [0.15, 0.2) is 4.99 Å². The Morgan fingerprint density at radius 3 is 2.00 bits per heavy atom. The van der Waals surface area contributed by atoms with Gasteiger partial charge in [0.2, 0.25) is 0 Å². The molecule has 0 rings (SSSR count). The summed E-state index contributed by atoms with van der Waals surface area (Å²) in [6, 6.07) is 0. The quantitative estimate of drug-likeness (QED) is 0.452. The molecule has 0 aliphatic rings. The van der Waals surface area contributed by atoms with Gasteiger partial charge in [-0.15, -0.1) is 12.3 Å². The average Bonchev–Trinajstić information content (AvgIpc) is 2.20.